The maximum absolute atomic E-state index is 12.9. The van der Waals surface area contributed by atoms with Crippen molar-refractivity contribution in [2.24, 2.45) is 5.73 Å². The molecular formula is C24H32N2O6S2. The molecule has 0 aliphatic carbocycles. The third kappa shape index (κ3) is 7.73. The summed E-state index contributed by atoms with van der Waals surface area (Å²) in [5.74, 6) is -1.63. The van der Waals surface area contributed by atoms with Crippen molar-refractivity contribution in [2.75, 3.05) is 7.11 Å². The number of thioether (sulfide) groups is 1. The molecule has 0 radical (unpaired) electrons. The molecule has 2 atom stereocenters. The second-order valence-electron chi connectivity index (χ2n) is 8.12. The number of carboxylic acids is 1. The van der Waals surface area contributed by atoms with Gasteiger partial charge in [0.2, 0.25) is 5.91 Å². The van der Waals surface area contributed by atoms with Gasteiger partial charge in [0, 0.05) is 0 Å². The first-order valence-corrected chi connectivity index (χ1v) is 12.5. The van der Waals surface area contributed by atoms with Crippen molar-refractivity contribution < 1.29 is 29.0 Å². The Labute approximate surface area is 209 Å². The number of rotatable bonds is 14. The number of amides is 2. The van der Waals surface area contributed by atoms with Crippen LogP contribution in [0.4, 0.5) is 0 Å². The van der Waals surface area contributed by atoms with Crippen molar-refractivity contribution in [3.05, 3.63) is 28.7 Å². The molecule has 1 aliphatic rings. The first kappa shape index (κ1) is 27.7. The molecule has 1 saturated heterocycles. The van der Waals surface area contributed by atoms with E-state index in [-0.39, 0.29) is 15.3 Å². The van der Waals surface area contributed by atoms with E-state index in [4.69, 9.17) is 27.4 Å². The molecule has 186 valence electrons. The second kappa shape index (κ2) is 13.3. The van der Waals surface area contributed by atoms with Crippen LogP contribution in [0.15, 0.2) is 23.1 Å². The minimum absolute atomic E-state index is 0.0378. The van der Waals surface area contributed by atoms with Crippen LogP contribution < -0.4 is 15.2 Å². The van der Waals surface area contributed by atoms with Crippen molar-refractivity contribution in [2.45, 2.75) is 70.9 Å². The fraction of sp³-hybridized carbons (Fsp3) is 0.500. The molecule has 1 heterocycles. The van der Waals surface area contributed by atoms with Crippen LogP contribution in [0.1, 0.15) is 64.4 Å². The van der Waals surface area contributed by atoms with Crippen LogP contribution in [0.25, 0.3) is 6.08 Å². The number of nitrogens with two attached hydrogens (primary N) is 1. The van der Waals surface area contributed by atoms with Gasteiger partial charge in [-0.05, 0) is 43.5 Å². The third-order valence-corrected chi connectivity index (χ3v) is 6.67. The monoisotopic (exact) mass is 508 g/mol. The largest absolute Gasteiger partial charge is 0.493 e. The molecular weight excluding hydrogens is 476 g/mol. The highest BCUT2D eigenvalue weighted by atomic mass is 32.2. The summed E-state index contributed by atoms with van der Waals surface area (Å²) in [6, 6.07) is 3.88. The van der Waals surface area contributed by atoms with Gasteiger partial charge in [-0.2, -0.15) is 0 Å². The van der Waals surface area contributed by atoms with Gasteiger partial charge < -0.3 is 20.3 Å². The van der Waals surface area contributed by atoms with Gasteiger partial charge in [-0.1, -0.05) is 62.7 Å². The number of primary amides is 1. The lowest BCUT2D eigenvalue weighted by molar-refractivity contribution is -0.146. The van der Waals surface area contributed by atoms with Crippen molar-refractivity contribution >= 4 is 52.2 Å². The third-order valence-electron chi connectivity index (χ3n) is 5.34. The number of nitrogens with zero attached hydrogens (tertiary/aromatic N) is 1. The molecule has 2 amide bonds. The Morgan fingerprint density at radius 1 is 1.24 bits per heavy atom. The fourth-order valence-corrected chi connectivity index (χ4v) is 4.92. The van der Waals surface area contributed by atoms with Crippen LogP contribution in [0.3, 0.4) is 0 Å². The molecule has 2 unspecified atom stereocenters. The zero-order chi connectivity index (χ0) is 25.3. The molecule has 0 spiro atoms. The molecule has 10 heteroatoms. The summed E-state index contributed by atoms with van der Waals surface area (Å²) in [5, 5.41) is 9.44. The molecule has 2 rings (SSSR count). The molecule has 1 aromatic rings. The number of ether oxygens (including phenoxy) is 2. The molecule has 1 aromatic carbocycles. The van der Waals surface area contributed by atoms with Gasteiger partial charge in [0.1, 0.15) is 10.4 Å². The maximum atomic E-state index is 12.9. The summed E-state index contributed by atoms with van der Waals surface area (Å²) >= 11 is 6.17. The van der Waals surface area contributed by atoms with Crippen LogP contribution in [0.2, 0.25) is 0 Å². The lowest BCUT2D eigenvalue weighted by Gasteiger charge is -2.21. The first-order valence-electron chi connectivity index (χ1n) is 11.3. The number of carbonyl (C=O) groups excluding carboxylic acids is 2. The fourth-order valence-electron chi connectivity index (χ4n) is 3.56. The SMILES string of the molecule is CCCCCCCC(C)Oc1ccc(C=C2SC(=S)N(C(CC(N)=O)C(=O)O)C2=O)cc1OC. The Hall–Kier alpha value is -2.59. The van der Waals surface area contributed by atoms with Gasteiger partial charge in [-0.15, -0.1) is 0 Å². The van der Waals surface area contributed by atoms with E-state index in [0.717, 1.165) is 29.5 Å². The Morgan fingerprint density at radius 2 is 1.94 bits per heavy atom. The minimum Gasteiger partial charge on any atom is -0.493 e. The molecule has 34 heavy (non-hydrogen) atoms. The summed E-state index contributed by atoms with van der Waals surface area (Å²) in [6.07, 6.45) is 8.08. The average molecular weight is 509 g/mol. The van der Waals surface area contributed by atoms with E-state index in [1.54, 1.807) is 31.4 Å². The maximum Gasteiger partial charge on any atom is 0.327 e. The van der Waals surface area contributed by atoms with E-state index < -0.39 is 30.2 Å². The first-order chi connectivity index (χ1) is 16.2. The van der Waals surface area contributed by atoms with Gasteiger partial charge in [0.15, 0.2) is 11.5 Å². The van der Waals surface area contributed by atoms with E-state index in [1.165, 1.54) is 25.7 Å². The molecule has 0 aromatic heterocycles. The number of hydrogen-bond donors (Lipinski definition) is 2. The number of benzene rings is 1. The Balaban J connectivity index is 2.12. The highest BCUT2D eigenvalue weighted by Crippen LogP contribution is 2.36. The zero-order valence-corrected chi connectivity index (χ0v) is 21.4. The molecule has 1 aliphatic heterocycles. The molecule has 1 fully saturated rings. The van der Waals surface area contributed by atoms with Crippen molar-refractivity contribution in [3.8, 4) is 11.5 Å². The number of aliphatic carboxylic acids is 1. The highest BCUT2D eigenvalue weighted by Gasteiger charge is 2.41. The van der Waals surface area contributed by atoms with Crippen molar-refractivity contribution in [1.29, 1.82) is 0 Å². The quantitative estimate of drug-likeness (QED) is 0.216. The lowest BCUT2D eigenvalue weighted by Crippen LogP contribution is -2.46. The molecule has 8 nitrogen and oxygen atoms in total. The highest BCUT2D eigenvalue weighted by molar-refractivity contribution is 8.26. The number of carboxylic acid groups (broad SMARTS) is 1. The Morgan fingerprint density at radius 3 is 2.56 bits per heavy atom. The summed E-state index contributed by atoms with van der Waals surface area (Å²) < 4.78 is 11.6. The number of unbranched alkanes of at least 4 members (excludes halogenated alkanes) is 4. The molecule has 3 N–H and O–H groups in total. The summed E-state index contributed by atoms with van der Waals surface area (Å²) in [6.45, 7) is 4.23. The summed E-state index contributed by atoms with van der Waals surface area (Å²) in [4.78, 5) is 36.9. The molecule has 0 bridgehead atoms. The predicted octanol–water partition coefficient (Wildman–Crippen LogP) is 4.35. The van der Waals surface area contributed by atoms with Crippen molar-refractivity contribution in [1.82, 2.24) is 4.90 Å². The smallest absolute Gasteiger partial charge is 0.327 e. The zero-order valence-electron chi connectivity index (χ0n) is 19.7. The molecule has 0 saturated carbocycles. The van der Waals surface area contributed by atoms with Crippen LogP contribution in [0, 0.1) is 0 Å². The second-order valence-corrected chi connectivity index (χ2v) is 9.79. The van der Waals surface area contributed by atoms with E-state index >= 15 is 0 Å². The number of thiocarbonyl (C=S) groups is 1. The van der Waals surface area contributed by atoms with E-state index in [2.05, 4.69) is 6.92 Å². The van der Waals surface area contributed by atoms with Crippen LogP contribution >= 0.6 is 24.0 Å². The lowest BCUT2D eigenvalue weighted by atomic mass is 10.1. The van der Waals surface area contributed by atoms with Crippen LogP contribution in [0.5, 0.6) is 11.5 Å². The normalized spacial score (nSPS) is 16.6. The number of hydrogen-bond acceptors (Lipinski definition) is 7. The van der Waals surface area contributed by atoms with Crippen LogP contribution in [-0.2, 0) is 14.4 Å². The summed E-state index contributed by atoms with van der Waals surface area (Å²) in [7, 11) is 1.54. The van der Waals surface area contributed by atoms with Gasteiger partial charge in [-0.3, -0.25) is 14.5 Å². The van der Waals surface area contributed by atoms with Gasteiger partial charge >= 0.3 is 5.97 Å². The Kier molecular flexibility index (Phi) is 10.8. The predicted molar refractivity (Wildman–Crippen MR) is 137 cm³/mol. The topological polar surface area (TPSA) is 119 Å². The number of carbonyl (C=O) groups is 3. The Bertz CT molecular complexity index is 949. The minimum atomic E-state index is -1.44. The van der Waals surface area contributed by atoms with Gasteiger partial charge in [0.05, 0.1) is 24.5 Å². The standard InChI is InChI=1S/C24H32N2O6S2/c1-4-5-6-7-8-9-15(2)32-18-11-10-16(12-19(18)31-3)13-20-22(28)26(24(33)34-20)17(23(29)30)14-21(25)27/h10-13,15,17H,4-9,14H2,1-3H3,(H2,25,27)(H,29,30). The van der Waals surface area contributed by atoms with Crippen LogP contribution in [-0.4, -0.2) is 51.4 Å². The van der Waals surface area contributed by atoms with E-state index in [9.17, 15) is 19.5 Å². The van der Waals surface area contributed by atoms with E-state index in [0.29, 0.717) is 17.1 Å². The average Bonchev–Trinajstić information content (AvgIpc) is 3.05. The van der Waals surface area contributed by atoms with Gasteiger partial charge in [0.25, 0.3) is 5.91 Å². The number of methoxy groups -OCH3 is 1. The van der Waals surface area contributed by atoms with E-state index in [1.807, 2.05) is 6.92 Å². The van der Waals surface area contributed by atoms with Gasteiger partial charge in [-0.25, -0.2) is 4.79 Å². The van der Waals surface area contributed by atoms with Crippen molar-refractivity contribution in [3.63, 3.8) is 0 Å². The summed E-state index contributed by atoms with van der Waals surface area (Å²) in [5.41, 5.74) is 5.81.